The van der Waals surface area contributed by atoms with Crippen LogP contribution in [0.4, 0.5) is 0 Å². The van der Waals surface area contributed by atoms with Crippen molar-refractivity contribution in [2.75, 3.05) is 20.3 Å². The van der Waals surface area contributed by atoms with E-state index in [0.29, 0.717) is 11.3 Å². The highest BCUT2D eigenvalue weighted by Gasteiger charge is 2.18. The number of pyridine rings is 1. The number of carbonyl (C=O) groups is 1. The third-order valence-corrected chi connectivity index (χ3v) is 4.42. The number of aryl methyl sites for hydroxylation is 1. The van der Waals surface area contributed by atoms with Crippen LogP contribution in [-0.4, -0.2) is 31.3 Å². The van der Waals surface area contributed by atoms with Gasteiger partial charge < -0.3 is 14.2 Å². The Morgan fingerprint density at radius 2 is 1.70 bits per heavy atom. The molecule has 3 aromatic rings. The largest absolute Gasteiger partial charge is 0.497 e. The Morgan fingerprint density at radius 3 is 2.41 bits per heavy atom. The van der Waals surface area contributed by atoms with Crippen molar-refractivity contribution in [2.24, 2.45) is 0 Å². The molecule has 1 aromatic heterocycles. The smallest absolute Gasteiger partial charge is 0.339 e. The Bertz CT molecular complexity index is 935. The first-order valence-corrected chi connectivity index (χ1v) is 8.96. The number of hydrogen-bond acceptors (Lipinski definition) is 5. The van der Waals surface area contributed by atoms with Gasteiger partial charge in [0.2, 0.25) is 0 Å². The second kappa shape index (κ2) is 8.54. The zero-order valence-electron chi connectivity index (χ0n) is 15.8. The van der Waals surface area contributed by atoms with E-state index in [1.807, 2.05) is 62.4 Å². The summed E-state index contributed by atoms with van der Waals surface area (Å²) < 4.78 is 16.2. The summed E-state index contributed by atoms with van der Waals surface area (Å²) in [7, 11) is 1.62. The minimum atomic E-state index is -0.348. The van der Waals surface area contributed by atoms with Crippen LogP contribution in [0.3, 0.4) is 0 Å². The first-order valence-electron chi connectivity index (χ1n) is 8.96. The fourth-order valence-electron chi connectivity index (χ4n) is 3.00. The van der Waals surface area contributed by atoms with Gasteiger partial charge >= 0.3 is 5.97 Å². The number of para-hydroxylation sites is 1. The first-order chi connectivity index (χ1) is 13.1. The van der Waals surface area contributed by atoms with E-state index in [-0.39, 0.29) is 19.2 Å². The number of carbonyl (C=O) groups excluding carboxylic acids is 1. The van der Waals surface area contributed by atoms with Gasteiger partial charge in [-0.05, 0) is 49.2 Å². The molecule has 0 saturated heterocycles. The Morgan fingerprint density at radius 1 is 1.00 bits per heavy atom. The van der Waals surface area contributed by atoms with Gasteiger partial charge in [0.25, 0.3) is 0 Å². The number of benzene rings is 2. The molecule has 0 fully saturated rings. The summed E-state index contributed by atoms with van der Waals surface area (Å²) in [6.45, 7) is 4.40. The van der Waals surface area contributed by atoms with Crippen molar-refractivity contribution in [1.82, 2.24) is 4.98 Å². The van der Waals surface area contributed by atoms with Gasteiger partial charge in [0.15, 0.2) is 0 Å². The van der Waals surface area contributed by atoms with Crippen molar-refractivity contribution in [3.8, 4) is 11.5 Å². The van der Waals surface area contributed by atoms with Crippen molar-refractivity contribution in [3.05, 3.63) is 65.4 Å². The lowest BCUT2D eigenvalue weighted by Gasteiger charge is -2.13. The molecule has 140 valence electrons. The predicted octanol–water partition coefficient (Wildman–Crippen LogP) is 4.35. The molecular weight excluding hydrogens is 342 g/mol. The number of methoxy groups -OCH3 is 1. The number of aromatic nitrogens is 1. The van der Waals surface area contributed by atoms with Gasteiger partial charge in [-0.2, -0.15) is 0 Å². The molecule has 0 aliphatic heterocycles. The van der Waals surface area contributed by atoms with Crippen LogP contribution in [0.2, 0.25) is 0 Å². The lowest BCUT2D eigenvalue weighted by Crippen LogP contribution is -2.15. The second-order valence-corrected chi connectivity index (χ2v) is 6.09. The van der Waals surface area contributed by atoms with Crippen LogP contribution in [0.25, 0.3) is 10.9 Å². The van der Waals surface area contributed by atoms with Crippen molar-refractivity contribution < 1.29 is 19.0 Å². The van der Waals surface area contributed by atoms with Gasteiger partial charge in [0, 0.05) is 11.1 Å². The van der Waals surface area contributed by atoms with E-state index >= 15 is 0 Å². The molecule has 0 unspecified atom stereocenters. The lowest BCUT2D eigenvalue weighted by molar-refractivity contribution is 0.0451. The van der Waals surface area contributed by atoms with Crippen LogP contribution >= 0.6 is 0 Å². The topological polar surface area (TPSA) is 57.7 Å². The molecule has 0 bridgehead atoms. The van der Waals surface area contributed by atoms with Gasteiger partial charge in [0.1, 0.15) is 24.7 Å². The van der Waals surface area contributed by atoms with Crippen LogP contribution in [0.1, 0.15) is 28.5 Å². The summed E-state index contributed by atoms with van der Waals surface area (Å²) in [5.41, 5.74) is 3.18. The summed E-state index contributed by atoms with van der Waals surface area (Å²) in [6, 6.07) is 14.9. The molecule has 27 heavy (non-hydrogen) atoms. The zero-order valence-corrected chi connectivity index (χ0v) is 15.8. The van der Waals surface area contributed by atoms with Gasteiger partial charge in [-0.3, -0.25) is 4.98 Å². The number of hydrogen-bond donors (Lipinski definition) is 0. The van der Waals surface area contributed by atoms with Crippen molar-refractivity contribution >= 4 is 16.9 Å². The quantitative estimate of drug-likeness (QED) is 0.460. The summed E-state index contributed by atoms with van der Waals surface area (Å²) in [5.74, 6) is 1.12. The monoisotopic (exact) mass is 365 g/mol. The molecule has 3 rings (SSSR count). The summed E-state index contributed by atoms with van der Waals surface area (Å²) in [6.07, 6.45) is 0.761. The van der Waals surface area contributed by atoms with Gasteiger partial charge in [-0.15, -0.1) is 0 Å². The van der Waals surface area contributed by atoms with Crippen LogP contribution < -0.4 is 9.47 Å². The molecule has 1 heterocycles. The predicted molar refractivity (Wildman–Crippen MR) is 105 cm³/mol. The molecule has 0 N–H and O–H groups in total. The van der Waals surface area contributed by atoms with Crippen LogP contribution in [0.15, 0.2) is 48.5 Å². The Hall–Kier alpha value is -3.08. The maximum atomic E-state index is 12.7. The van der Waals surface area contributed by atoms with E-state index < -0.39 is 0 Å². The molecule has 0 aliphatic rings. The van der Waals surface area contributed by atoms with Crippen LogP contribution in [0.5, 0.6) is 11.5 Å². The number of nitrogens with zero attached hydrogens (tertiary/aromatic N) is 1. The average molecular weight is 365 g/mol. The molecule has 5 heteroatoms. The summed E-state index contributed by atoms with van der Waals surface area (Å²) in [5, 5.41) is 0.813. The summed E-state index contributed by atoms with van der Waals surface area (Å²) >= 11 is 0. The fourth-order valence-corrected chi connectivity index (χ4v) is 3.00. The highest BCUT2D eigenvalue weighted by molar-refractivity contribution is 6.05. The average Bonchev–Trinajstić information content (AvgIpc) is 2.71. The maximum Gasteiger partial charge on any atom is 0.339 e. The lowest BCUT2D eigenvalue weighted by atomic mass is 10.0. The zero-order chi connectivity index (χ0) is 19.2. The van der Waals surface area contributed by atoms with Gasteiger partial charge in [0.05, 0.1) is 18.2 Å². The number of fused-ring (bicyclic) bond motifs is 1. The minimum absolute atomic E-state index is 0.169. The molecule has 0 atom stereocenters. The van der Waals surface area contributed by atoms with Gasteiger partial charge in [-0.1, -0.05) is 25.1 Å². The van der Waals surface area contributed by atoms with Crippen LogP contribution in [0, 0.1) is 6.92 Å². The third-order valence-electron chi connectivity index (χ3n) is 4.42. The van der Waals surface area contributed by atoms with Crippen molar-refractivity contribution in [3.63, 3.8) is 0 Å². The SMILES string of the molecule is CCc1nc2ccccc2c(C(=O)OCCOc2ccc(OC)cc2)c1C. The van der Waals surface area contributed by atoms with Crippen LogP contribution in [-0.2, 0) is 11.2 Å². The van der Waals surface area contributed by atoms with E-state index in [9.17, 15) is 4.79 Å². The normalized spacial score (nSPS) is 10.6. The highest BCUT2D eigenvalue weighted by atomic mass is 16.6. The number of rotatable bonds is 7. The minimum Gasteiger partial charge on any atom is -0.497 e. The Balaban J connectivity index is 1.68. The Kier molecular flexibility index (Phi) is 5.91. The molecule has 0 saturated carbocycles. The molecule has 0 aliphatic carbocycles. The highest BCUT2D eigenvalue weighted by Crippen LogP contribution is 2.24. The molecule has 2 aromatic carbocycles. The van der Waals surface area contributed by atoms with E-state index in [0.717, 1.165) is 34.3 Å². The van der Waals surface area contributed by atoms with E-state index in [4.69, 9.17) is 14.2 Å². The van der Waals surface area contributed by atoms with Gasteiger partial charge in [-0.25, -0.2) is 4.79 Å². The first kappa shape index (κ1) is 18.7. The van der Waals surface area contributed by atoms with E-state index in [2.05, 4.69) is 4.98 Å². The van der Waals surface area contributed by atoms with Crippen molar-refractivity contribution in [1.29, 1.82) is 0 Å². The van der Waals surface area contributed by atoms with Crippen molar-refractivity contribution in [2.45, 2.75) is 20.3 Å². The standard InChI is InChI=1S/C22H23NO4/c1-4-19-15(2)21(18-7-5-6-8-20(18)23-19)22(24)27-14-13-26-17-11-9-16(25-3)10-12-17/h5-12H,4,13-14H2,1-3H3. The maximum absolute atomic E-state index is 12.7. The fraction of sp³-hybridized carbons (Fsp3) is 0.273. The third kappa shape index (κ3) is 4.19. The number of ether oxygens (including phenoxy) is 3. The Labute approximate surface area is 158 Å². The van der Waals surface area contributed by atoms with E-state index in [1.54, 1.807) is 7.11 Å². The molecule has 5 nitrogen and oxygen atoms in total. The number of esters is 1. The molecule has 0 spiro atoms. The second-order valence-electron chi connectivity index (χ2n) is 6.09. The van der Waals surface area contributed by atoms with E-state index in [1.165, 1.54) is 0 Å². The molecular formula is C22H23NO4. The summed E-state index contributed by atoms with van der Waals surface area (Å²) in [4.78, 5) is 17.4. The molecule has 0 radical (unpaired) electrons. The molecule has 0 amide bonds.